The molecule has 2 unspecified atom stereocenters. The number of carbonyl (C=O) groups is 2. The third kappa shape index (κ3) is 4.00. The Balaban J connectivity index is 1.68. The van der Waals surface area contributed by atoms with Crippen LogP contribution >= 0.6 is 0 Å². The standard InChI is InChI=1S/C28H30N2O5/c1-16(2)20-13-17(10-11-23(20)34-3)26(31)24-25(21-14-29-22-9-5-4-8-19(21)22)30(28(33)27(24)32)15-18-7-6-12-35-18/h4-5,8-11,13-14,16,18,25,29,31H,6-7,12,15H2,1-3H3/b26-24+. The predicted octanol–water partition coefficient (Wildman–Crippen LogP) is 4.90. The van der Waals surface area contributed by atoms with Gasteiger partial charge in [-0.1, -0.05) is 32.0 Å². The molecule has 0 aliphatic carbocycles. The van der Waals surface area contributed by atoms with Crippen molar-refractivity contribution in [3.8, 4) is 5.75 Å². The number of Topliss-reactive ketones (excluding diaryl/α,β-unsaturated/α-hetero) is 1. The summed E-state index contributed by atoms with van der Waals surface area (Å²) in [4.78, 5) is 31.5. The minimum atomic E-state index is -0.722. The molecule has 2 aliphatic rings. The van der Waals surface area contributed by atoms with Crippen LogP contribution in [0.1, 0.15) is 55.3 Å². The molecule has 2 aromatic carbocycles. The zero-order valence-electron chi connectivity index (χ0n) is 20.2. The molecule has 0 radical (unpaired) electrons. The number of H-pyrrole nitrogens is 1. The van der Waals surface area contributed by atoms with E-state index in [4.69, 9.17) is 9.47 Å². The number of amides is 1. The molecule has 1 aromatic heterocycles. The van der Waals surface area contributed by atoms with E-state index in [1.807, 2.05) is 50.4 Å². The molecular formula is C28H30N2O5. The molecule has 2 saturated heterocycles. The van der Waals surface area contributed by atoms with Crippen molar-refractivity contribution in [1.29, 1.82) is 0 Å². The highest BCUT2D eigenvalue weighted by molar-refractivity contribution is 6.46. The molecule has 2 aliphatic heterocycles. The van der Waals surface area contributed by atoms with Crippen LogP contribution in [0.25, 0.3) is 16.7 Å². The molecule has 2 N–H and O–H groups in total. The normalized spacial score (nSPS) is 22.0. The number of fused-ring (bicyclic) bond motifs is 1. The Morgan fingerprint density at radius 2 is 2.03 bits per heavy atom. The number of nitrogens with zero attached hydrogens (tertiary/aromatic N) is 1. The van der Waals surface area contributed by atoms with Crippen molar-refractivity contribution >= 4 is 28.4 Å². The Labute approximate surface area is 204 Å². The zero-order valence-corrected chi connectivity index (χ0v) is 20.2. The van der Waals surface area contributed by atoms with Gasteiger partial charge in [0.2, 0.25) is 0 Å². The van der Waals surface area contributed by atoms with Crippen molar-refractivity contribution < 1.29 is 24.2 Å². The van der Waals surface area contributed by atoms with Crippen LogP contribution in [-0.2, 0) is 14.3 Å². The van der Waals surface area contributed by atoms with E-state index in [1.54, 1.807) is 24.1 Å². The van der Waals surface area contributed by atoms with Crippen molar-refractivity contribution in [3.05, 3.63) is 70.9 Å². The number of hydrogen-bond acceptors (Lipinski definition) is 5. The smallest absolute Gasteiger partial charge is 0.295 e. The minimum absolute atomic E-state index is 0.0950. The van der Waals surface area contributed by atoms with Crippen LogP contribution in [-0.4, -0.2) is 53.0 Å². The van der Waals surface area contributed by atoms with E-state index in [1.165, 1.54) is 0 Å². The van der Waals surface area contributed by atoms with Gasteiger partial charge in [-0.25, -0.2) is 0 Å². The lowest BCUT2D eigenvalue weighted by atomic mass is 9.93. The molecule has 182 valence electrons. The van der Waals surface area contributed by atoms with Crippen LogP contribution < -0.4 is 4.74 Å². The third-order valence-corrected chi connectivity index (χ3v) is 7.01. The van der Waals surface area contributed by atoms with Gasteiger partial charge in [0.25, 0.3) is 11.7 Å². The largest absolute Gasteiger partial charge is 0.507 e. The number of likely N-dealkylation sites (tertiary alicyclic amines) is 1. The number of ketones is 1. The molecule has 2 fully saturated rings. The average molecular weight is 475 g/mol. The Bertz CT molecular complexity index is 1320. The Morgan fingerprint density at radius 1 is 1.23 bits per heavy atom. The molecule has 2 atom stereocenters. The monoisotopic (exact) mass is 474 g/mol. The van der Waals surface area contributed by atoms with Gasteiger partial charge >= 0.3 is 0 Å². The van der Waals surface area contributed by atoms with Gasteiger partial charge in [0, 0.05) is 41.4 Å². The van der Waals surface area contributed by atoms with E-state index in [2.05, 4.69) is 4.98 Å². The van der Waals surface area contributed by atoms with Gasteiger partial charge in [0.1, 0.15) is 11.5 Å². The van der Waals surface area contributed by atoms with Crippen molar-refractivity contribution in [3.63, 3.8) is 0 Å². The molecule has 3 heterocycles. The first kappa shape index (κ1) is 23.2. The van der Waals surface area contributed by atoms with E-state index < -0.39 is 17.7 Å². The second-order valence-corrected chi connectivity index (χ2v) is 9.49. The number of hydrogen-bond donors (Lipinski definition) is 2. The average Bonchev–Trinajstić information content (AvgIpc) is 3.59. The molecule has 0 spiro atoms. The summed E-state index contributed by atoms with van der Waals surface area (Å²) in [5.74, 6) is -0.627. The fourth-order valence-electron chi connectivity index (χ4n) is 5.21. The Morgan fingerprint density at radius 3 is 2.74 bits per heavy atom. The summed E-state index contributed by atoms with van der Waals surface area (Å²) in [5.41, 5.74) is 3.16. The number of nitrogens with one attached hydrogen (secondary N) is 1. The maximum atomic E-state index is 13.4. The van der Waals surface area contributed by atoms with Gasteiger partial charge in [0.05, 0.1) is 24.8 Å². The molecule has 3 aromatic rings. The Kier molecular flexibility index (Phi) is 6.11. The van der Waals surface area contributed by atoms with Crippen molar-refractivity contribution in [2.24, 2.45) is 0 Å². The summed E-state index contributed by atoms with van der Waals surface area (Å²) >= 11 is 0. The minimum Gasteiger partial charge on any atom is -0.507 e. The highest BCUT2D eigenvalue weighted by Crippen LogP contribution is 2.43. The molecule has 7 heteroatoms. The van der Waals surface area contributed by atoms with Gasteiger partial charge in [0.15, 0.2) is 0 Å². The Hall–Kier alpha value is -3.58. The van der Waals surface area contributed by atoms with Crippen molar-refractivity contribution in [2.75, 3.05) is 20.3 Å². The number of aromatic nitrogens is 1. The highest BCUT2D eigenvalue weighted by Gasteiger charge is 2.47. The lowest BCUT2D eigenvalue weighted by Gasteiger charge is -2.27. The summed E-state index contributed by atoms with van der Waals surface area (Å²) < 4.78 is 11.3. The van der Waals surface area contributed by atoms with Crippen LogP contribution in [0.5, 0.6) is 5.75 Å². The number of methoxy groups -OCH3 is 1. The molecule has 7 nitrogen and oxygen atoms in total. The van der Waals surface area contributed by atoms with E-state index in [-0.39, 0.29) is 23.4 Å². The van der Waals surface area contributed by atoms with Crippen LogP contribution in [0.2, 0.25) is 0 Å². The summed E-state index contributed by atoms with van der Waals surface area (Å²) in [6.45, 7) is 5.02. The zero-order chi connectivity index (χ0) is 24.7. The molecular weight excluding hydrogens is 444 g/mol. The number of aromatic amines is 1. The van der Waals surface area contributed by atoms with Gasteiger partial charge in [-0.15, -0.1) is 0 Å². The number of aliphatic hydroxyl groups excluding tert-OH is 1. The molecule has 5 rings (SSSR count). The van der Waals surface area contributed by atoms with Crippen molar-refractivity contribution in [1.82, 2.24) is 9.88 Å². The second kappa shape index (κ2) is 9.23. The second-order valence-electron chi connectivity index (χ2n) is 9.49. The van der Waals surface area contributed by atoms with E-state index in [0.29, 0.717) is 24.5 Å². The van der Waals surface area contributed by atoms with Crippen LogP contribution in [0.15, 0.2) is 54.2 Å². The topological polar surface area (TPSA) is 91.9 Å². The highest BCUT2D eigenvalue weighted by atomic mass is 16.5. The van der Waals surface area contributed by atoms with Gasteiger partial charge in [-0.05, 0) is 48.6 Å². The van der Waals surface area contributed by atoms with Gasteiger partial charge in [-0.3, -0.25) is 9.59 Å². The van der Waals surface area contributed by atoms with Gasteiger partial charge in [-0.2, -0.15) is 0 Å². The van der Waals surface area contributed by atoms with E-state index in [0.717, 1.165) is 34.9 Å². The maximum Gasteiger partial charge on any atom is 0.295 e. The lowest BCUT2D eigenvalue weighted by Crippen LogP contribution is -2.36. The fraction of sp³-hybridized carbons (Fsp3) is 0.357. The number of benzene rings is 2. The van der Waals surface area contributed by atoms with E-state index in [9.17, 15) is 14.7 Å². The summed E-state index contributed by atoms with van der Waals surface area (Å²) in [6.07, 6.45) is 3.45. The van der Waals surface area contributed by atoms with Crippen LogP contribution in [0, 0.1) is 0 Å². The summed E-state index contributed by atoms with van der Waals surface area (Å²) in [6, 6.07) is 12.4. The van der Waals surface area contributed by atoms with E-state index >= 15 is 0 Å². The van der Waals surface area contributed by atoms with Gasteiger partial charge < -0.3 is 24.5 Å². The van der Waals surface area contributed by atoms with Crippen molar-refractivity contribution in [2.45, 2.75) is 44.8 Å². The summed E-state index contributed by atoms with van der Waals surface area (Å²) in [7, 11) is 1.61. The van der Waals surface area contributed by atoms with Crippen LogP contribution in [0.3, 0.4) is 0 Å². The number of para-hydroxylation sites is 1. The SMILES string of the molecule is COc1ccc(/C(O)=C2\C(=O)C(=O)N(CC3CCCO3)C2c2c[nH]c3ccccc23)cc1C(C)C. The number of rotatable bonds is 6. The maximum absolute atomic E-state index is 13.4. The predicted molar refractivity (Wildman–Crippen MR) is 133 cm³/mol. The van der Waals surface area contributed by atoms with Crippen LogP contribution in [0.4, 0.5) is 0 Å². The first-order valence-electron chi connectivity index (χ1n) is 12.0. The number of ether oxygens (including phenoxy) is 2. The first-order valence-corrected chi connectivity index (χ1v) is 12.0. The summed E-state index contributed by atoms with van der Waals surface area (Å²) in [5, 5.41) is 12.4. The first-order chi connectivity index (χ1) is 16.9. The molecule has 35 heavy (non-hydrogen) atoms. The number of aliphatic hydroxyl groups is 1. The quantitative estimate of drug-likeness (QED) is 0.301. The fourth-order valence-corrected chi connectivity index (χ4v) is 5.21. The third-order valence-electron chi connectivity index (χ3n) is 7.01. The molecule has 1 amide bonds. The lowest BCUT2D eigenvalue weighted by molar-refractivity contribution is -0.140. The molecule has 0 bridgehead atoms. The number of carbonyl (C=O) groups excluding carboxylic acids is 2. The molecule has 0 saturated carbocycles.